The Labute approximate surface area is 92.4 Å². The molecule has 0 amide bonds. The summed E-state index contributed by atoms with van der Waals surface area (Å²) >= 11 is 0. The van der Waals surface area contributed by atoms with Gasteiger partial charge in [0.25, 0.3) is 0 Å². The average Bonchev–Trinajstić information content (AvgIpc) is 2.20. The van der Waals surface area contributed by atoms with Crippen LogP contribution in [-0.2, 0) is 0 Å². The molecule has 0 bridgehead atoms. The standard InChI is InChI=1S/C12H21N3/c1-4-10(3)6-7-14-12(5-2)15-8-11(13)9-15/h5-7,10-11H,2,4,8-9,13H2,1,3H3/b7-6-,14-12+. The molecule has 0 aliphatic carbocycles. The quantitative estimate of drug-likeness (QED) is 0.564. The van der Waals surface area contributed by atoms with Crippen LogP contribution in [0.1, 0.15) is 20.3 Å². The Morgan fingerprint density at radius 2 is 2.33 bits per heavy atom. The third-order valence-corrected chi connectivity index (χ3v) is 2.68. The number of likely N-dealkylation sites (tertiary alicyclic amines) is 1. The summed E-state index contributed by atoms with van der Waals surface area (Å²) in [6.45, 7) is 9.89. The minimum absolute atomic E-state index is 0.300. The summed E-state index contributed by atoms with van der Waals surface area (Å²) in [4.78, 5) is 6.51. The first-order valence-corrected chi connectivity index (χ1v) is 5.54. The minimum Gasteiger partial charge on any atom is -0.353 e. The fourth-order valence-corrected chi connectivity index (χ4v) is 1.37. The van der Waals surface area contributed by atoms with Gasteiger partial charge in [0.15, 0.2) is 0 Å². The zero-order chi connectivity index (χ0) is 11.3. The zero-order valence-electron chi connectivity index (χ0n) is 9.69. The third kappa shape index (κ3) is 3.51. The van der Waals surface area contributed by atoms with Gasteiger partial charge in [-0.25, -0.2) is 4.99 Å². The minimum atomic E-state index is 0.300. The van der Waals surface area contributed by atoms with Gasteiger partial charge in [-0.15, -0.1) is 0 Å². The van der Waals surface area contributed by atoms with Crippen molar-refractivity contribution in [2.45, 2.75) is 26.3 Å². The molecular weight excluding hydrogens is 186 g/mol. The molecule has 2 N–H and O–H groups in total. The molecule has 1 aliphatic heterocycles. The van der Waals surface area contributed by atoms with Crippen LogP contribution in [0.5, 0.6) is 0 Å². The van der Waals surface area contributed by atoms with E-state index in [0.717, 1.165) is 25.3 Å². The van der Waals surface area contributed by atoms with Gasteiger partial charge in [-0.3, -0.25) is 0 Å². The summed E-state index contributed by atoms with van der Waals surface area (Å²) in [5.41, 5.74) is 5.71. The largest absolute Gasteiger partial charge is 0.353 e. The van der Waals surface area contributed by atoms with Crippen LogP contribution in [0, 0.1) is 5.92 Å². The second-order valence-electron chi connectivity index (χ2n) is 4.08. The van der Waals surface area contributed by atoms with Crippen molar-refractivity contribution in [1.29, 1.82) is 0 Å². The predicted molar refractivity (Wildman–Crippen MR) is 65.8 cm³/mol. The molecule has 1 saturated heterocycles. The molecule has 1 atom stereocenters. The molecule has 0 aromatic carbocycles. The molecule has 1 heterocycles. The zero-order valence-corrected chi connectivity index (χ0v) is 9.69. The molecular formula is C12H21N3. The van der Waals surface area contributed by atoms with E-state index in [2.05, 4.69) is 36.4 Å². The number of aliphatic imine (C=N–C) groups is 1. The van der Waals surface area contributed by atoms with Crippen LogP contribution >= 0.6 is 0 Å². The van der Waals surface area contributed by atoms with Gasteiger partial charge >= 0.3 is 0 Å². The Morgan fingerprint density at radius 1 is 1.67 bits per heavy atom. The lowest BCUT2D eigenvalue weighted by molar-refractivity contribution is 0.256. The van der Waals surface area contributed by atoms with E-state index in [9.17, 15) is 0 Å². The van der Waals surface area contributed by atoms with Crippen LogP contribution in [0.4, 0.5) is 0 Å². The van der Waals surface area contributed by atoms with Gasteiger partial charge in [0.2, 0.25) is 0 Å². The molecule has 1 unspecified atom stereocenters. The van der Waals surface area contributed by atoms with E-state index in [0.29, 0.717) is 12.0 Å². The van der Waals surface area contributed by atoms with E-state index in [-0.39, 0.29) is 0 Å². The number of allylic oxidation sites excluding steroid dienone is 1. The van der Waals surface area contributed by atoms with Crippen molar-refractivity contribution in [3.05, 3.63) is 24.9 Å². The smallest absolute Gasteiger partial charge is 0.127 e. The van der Waals surface area contributed by atoms with Crippen molar-refractivity contribution >= 4 is 5.84 Å². The van der Waals surface area contributed by atoms with E-state index in [4.69, 9.17) is 5.73 Å². The highest BCUT2D eigenvalue weighted by atomic mass is 15.3. The highest BCUT2D eigenvalue weighted by Crippen LogP contribution is 2.08. The fourth-order valence-electron chi connectivity index (χ4n) is 1.37. The monoisotopic (exact) mass is 207 g/mol. The molecule has 0 spiro atoms. The first-order chi connectivity index (χ1) is 7.17. The van der Waals surface area contributed by atoms with Gasteiger partial charge in [0.1, 0.15) is 5.84 Å². The molecule has 0 radical (unpaired) electrons. The van der Waals surface area contributed by atoms with Gasteiger partial charge in [-0.2, -0.15) is 0 Å². The first kappa shape index (κ1) is 12.0. The topological polar surface area (TPSA) is 41.6 Å². The van der Waals surface area contributed by atoms with Crippen LogP contribution < -0.4 is 5.73 Å². The molecule has 0 aromatic heterocycles. The Hall–Kier alpha value is -1.09. The predicted octanol–water partition coefficient (Wildman–Crippen LogP) is 1.77. The van der Waals surface area contributed by atoms with Crippen LogP contribution in [0.2, 0.25) is 0 Å². The van der Waals surface area contributed by atoms with E-state index in [1.807, 2.05) is 6.20 Å². The Bertz CT molecular complexity index is 262. The maximum absolute atomic E-state index is 5.71. The Balaban J connectivity index is 2.47. The second-order valence-corrected chi connectivity index (χ2v) is 4.08. The van der Waals surface area contributed by atoms with E-state index >= 15 is 0 Å². The van der Waals surface area contributed by atoms with Gasteiger partial charge in [-0.05, 0) is 12.0 Å². The lowest BCUT2D eigenvalue weighted by Crippen LogP contribution is -2.57. The summed E-state index contributed by atoms with van der Waals surface area (Å²) in [7, 11) is 0. The third-order valence-electron chi connectivity index (χ3n) is 2.68. The van der Waals surface area contributed by atoms with E-state index in [1.165, 1.54) is 0 Å². The molecule has 1 fully saturated rings. The Morgan fingerprint density at radius 3 is 2.80 bits per heavy atom. The molecule has 84 valence electrons. The average molecular weight is 207 g/mol. The molecule has 0 aromatic rings. The van der Waals surface area contributed by atoms with Gasteiger partial charge in [0.05, 0.1) is 0 Å². The fraction of sp³-hybridized carbons (Fsp3) is 0.583. The van der Waals surface area contributed by atoms with Gasteiger partial charge in [-0.1, -0.05) is 32.9 Å². The summed E-state index contributed by atoms with van der Waals surface area (Å²) < 4.78 is 0. The number of nitrogens with two attached hydrogens (primary N) is 1. The van der Waals surface area contributed by atoms with Crippen LogP contribution in [0.3, 0.4) is 0 Å². The van der Waals surface area contributed by atoms with Crippen molar-refractivity contribution in [3.8, 4) is 0 Å². The van der Waals surface area contributed by atoms with Crippen molar-refractivity contribution in [2.75, 3.05) is 13.1 Å². The molecule has 1 rings (SSSR count). The summed E-state index contributed by atoms with van der Waals surface area (Å²) in [5, 5.41) is 0. The van der Waals surface area contributed by atoms with Crippen molar-refractivity contribution in [2.24, 2.45) is 16.6 Å². The van der Waals surface area contributed by atoms with Crippen LogP contribution in [0.25, 0.3) is 0 Å². The molecule has 1 aliphatic rings. The van der Waals surface area contributed by atoms with Crippen molar-refractivity contribution in [1.82, 2.24) is 4.90 Å². The highest BCUT2D eigenvalue weighted by Gasteiger charge is 2.24. The number of amidine groups is 1. The molecule has 0 saturated carbocycles. The van der Waals surface area contributed by atoms with Crippen molar-refractivity contribution < 1.29 is 0 Å². The normalized spacial score (nSPS) is 20.5. The maximum Gasteiger partial charge on any atom is 0.127 e. The van der Waals surface area contributed by atoms with Gasteiger partial charge < -0.3 is 10.6 Å². The first-order valence-electron chi connectivity index (χ1n) is 5.54. The number of rotatable bonds is 4. The van der Waals surface area contributed by atoms with E-state index < -0.39 is 0 Å². The SMILES string of the molecule is C=C/C(=N\C=C/C(C)CC)N1CC(N)C1. The number of hydrogen-bond donors (Lipinski definition) is 1. The molecule has 3 nitrogen and oxygen atoms in total. The van der Waals surface area contributed by atoms with E-state index in [1.54, 1.807) is 6.08 Å². The van der Waals surface area contributed by atoms with Crippen molar-refractivity contribution in [3.63, 3.8) is 0 Å². The van der Waals surface area contributed by atoms with Crippen LogP contribution in [0.15, 0.2) is 29.9 Å². The lowest BCUT2D eigenvalue weighted by Gasteiger charge is -2.38. The maximum atomic E-state index is 5.71. The second kappa shape index (κ2) is 5.71. The number of nitrogens with zero attached hydrogens (tertiary/aromatic N) is 2. The highest BCUT2D eigenvalue weighted by molar-refractivity contribution is 5.93. The van der Waals surface area contributed by atoms with Gasteiger partial charge in [0, 0.05) is 25.3 Å². The lowest BCUT2D eigenvalue weighted by atomic mass is 10.1. The summed E-state index contributed by atoms with van der Waals surface area (Å²) in [6.07, 6.45) is 6.91. The molecule has 3 heteroatoms. The molecule has 15 heavy (non-hydrogen) atoms. The summed E-state index contributed by atoms with van der Waals surface area (Å²) in [6, 6.07) is 0.300. The Kier molecular flexibility index (Phi) is 4.56. The van der Waals surface area contributed by atoms with Crippen LogP contribution in [-0.4, -0.2) is 29.9 Å². The number of hydrogen-bond acceptors (Lipinski definition) is 2. The summed E-state index contributed by atoms with van der Waals surface area (Å²) in [5.74, 6) is 1.51.